The fourth-order valence-corrected chi connectivity index (χ4v) is 3.04. The largest absolute Gasteiger partial charge is 0.456 e. The van der Waals surface area contributed by atoms with Crippen LogP contribution in [0.4, 0.5) is 5.69 Å². The predicted molar refractivity (Wildman–Crippen MR) is 87.3 cm³/mol. The van der Waals surface area contributed by atoms with E-state index in [-0.39, 0.29) is 0 Å². The van der Waals surface area contributed by atoms with Gasteiger partial charge in [-0.1, -0.05) is 18.2 Å². The van der Waals surface area contributed by atoms with Crippen molar-refractivity contribution in [2.24, 2.45) is 0 Å². The van der Waals surface area contributed by atoms with Crippen molar-refractivity contribution in [1.82, 2.24) is 4.90 Å². The molecule has 0 unspecified atom stereocenters. The average Bonchev–Trinajstić information content (AvgIpc) is 2.99. The zero-order valence-corrected chi connectivity index (χ0v) is 12.5. The van der Waals surface area contributed by atoms with E-state index in [0.717, 1.165) is 11.2 Å². The van der Waals surface area contributed by atoms with Crippen molar-refractivity contribution >= 4 is 27.6 Å². The van der Waals surface area contributed by atoms with Crippen LogP contribution in [0.15, 0.2) is 53.2 Å². The summed E-state index contributed by atoms with van der Waals surface area (Å²) in [5.41, 5.74) is 4.38. The zero-order chi connectivity index (χ0) is 14.6. The van der Waals surface area contributed by atoms with E-state index in [9.17, 15) is 0 Å². The van der Waals surface area contributed by atoms with Crippen molar-refractivity contribution in [3.05, 3.63) is 54.4 Å². The van der Waals surface area contributed by atoms with E-state index in [2.05, 4.69) is 67.4 Å². The van der Waals surface area contributed by atoms with Gasteiger partial charge in [0.25, 0.3) is 0 Å². The molecule has 1 aromatic heterocycles. The first-order valence-electron chi connectivity index (χ1n) is 7.25. The lowest BCUT2D eigenvalue weighted by atomic mass is 10.1. The molecule has 2 aromatic carbocycles. The number of hydrogen-bond acceptors (Lipinski definition) is 3. The van der Waals surface area contributed by atoms with Crippen LogP contribution >= 0.6 is 0 Å². The van der Waals surface area contributed by atoms with Gasteiger partial charge in [0.1, 0.15) is 17.3 Å². The van der Waals surface area contributed by atoms with Gasteiger partial charge in [0.2, 0.25) is 0 Å². The van der Waals surface area contributed by atoms with Crippen molar-refractivity contribution in [1.29, 1.82) is 0 Å². The molecule has 21 heavy (non-hydrogen) atoms. The number of nitrogens with zero attached hydrogens (tertiary/aromatic N) is 2. The third kappa shape index (κ3) is 1.74. The maximum Gasteiger partial charge on any atom is 0.135 e. The molecule has 1 aliphatic heterocycles. The molecule has 0 saturated carbocycles. The lowest BCUT2D eigenvalue weighted by molar-refractivity contribution is 0.383. The molecule has 0 aliphatic carbocycles. The Morgan fingerprint density at radius 3 is 2.57 bits per heavy atom. The minimum absolute atomic E-state index is 0.333. The van der Waals surface area contributed by atoms with E-state index < -0.39 is 0 Å². The predicted octanol–water partition coefficient (Wildman–Crippen LogP) is 4.46. The highest BCUT2D eigenvalue weighted by atomic mass is 16.3. The van der Waals surface area contributed by atoms with Gasteiger partial charge in [-0.15, -0.1) is 0 Å². The number of furan rings is 1. The van der Waals surface area contributed by atoms with E-state index >= 15 is 0 Å². The Hall–Kier alpha value is -2.42. The Bertz CT molecular complexity index is 862. The van der Waals surface area contributed by atoms with Gasteiger partial charge in [-0.3, -0.25) is 0 Å². The lowest BCUT2D eigenvalue weighted by Crippen LogP contribution is -2.33. The second-order valence-electron chi connectivity index (χ2n) is 5.74. The van der Waals surface area contributed by atoms with E-state index in [1.54, 1.807) is 0 Å². The van der Waals surface area contributed by atoms with Crippen LogP contribution in [-0.2, 0) is 0 Å². The standard InChI is InChI=1S/C18H18N2O/c1-12-10-18-15(14-6-4-5-7-17(14)21-18)11-16(12)20-9-8-19(3)13(20)2/h4-11,13H,1-3H3/t13-/m0/s1. The van der Waals surface area contributed by atoms with E-state index in [1.807, 2.05) is 12.1 Å². The third-order valence-electron chi connectivity index (χ3n) is 4.43. The van der Waals surface area contributed by atoms with E-state index in [1.165, 1.54) is 22.0 Å². The van der Waals surface area contributed by atoms with Gasteiger partial charge in [0.15, 0.2) is 0 Å². The molecular weight excluding hydrogens is 260 g/mol. The summed E-state index contributed by atoms with van der Waals surface area (Å²) < 4.78 is 5.95. The molecule has 0 amide bonds. The Kier molecular flexibility index (Phi) is 2.52. The van der Waals surface area contributed by atoms with E-state index in [0.29, 0.717) is 6.17 Å². The molecular formula is C18H18N2O. The molecule has 4 rings (SSSR count). The minimum atomic E-state index is 0.333. The number of hydrogen-bond donors (Lipinski definition) is 0. The van der Waals surface area contributed by atoms with Crippen molar-refractivity contribution < 1.29 is 4.42 Å². The van der Waals surface area contributed by atoms with Gasteiger partial charge in [0.05, 0.1) is 0 Å². The summed E-state index contributed by atoms with van der Waals surface area (Å²) in [4.78, 5) is 4.51. The molecule has 0 fully saturated rings. The molecule has 1 atom stereocenters. The van der Waals surface area contributed by atoms with E-state index in [4.69, 9.17) is 4.42 Å². The third-order valence-corrected chi connectivity index (χ3v) is 4.43. The van der Waals surface area contributed by atoms with Crippen molar-refractivity contribution in [2.75, 3.05) is 11.9 Å². The topological polar surface area (TPSA) is 19.6 Å². The zero-order valence-electron chi connectivity index (χ0n) is 12.5. The molecule has 2 heterocycles. The highest BCUT2D eigenvalue weighted by Gasteiger charge is 2.22. The minimum Gasteiger partial charge on any atom is -0.456 e. The first kappa shape index (κ1) is 12.3. The highest BCUT2D eigenvalue weighted by molar-refractivity contribution is 6.06. The first-order chi connectivity index (χ1) is 10.1. The van der Waals surface area contributed by atoms with Crippen LogP contribution in [0, 0.1) is 6.92 Å². The molecule has 1 aliphatic rings. The number of aryl methyl sites for hydroxylation is 1. The van der Waals surface area contributed by atoms with Gasteiger partial charge < -0.3 is 14.2 Å². The van der Waals surface area contributed by atoms with Crippen molar-refractivity contribution in [3.8, 4) is 0 Å². The SMILES string of the molecule is Cc1cc2oc3ccccc3c2cc1N1C=CN(C)[C@@H]1C. The first-order valence-corrected chi connectivity index (χ1v) is 7.25. The number of para-hydroxylation sites is 1. The summed E-state index contributed by atoms with van der Waals surface area (Å²) in [5.74, 6) is 0. The monoisotopic (exact) mass is 278 g/mol. The Morgan fingerprint density at radius 1 is 1.00 bits per heavy atom. The fraction of sp³-hybridized carbons (Fsp3) is 0.222. The molecule has 3 aromatic rings. The molecule has 0 bridgehead atoms. The summed E-state index contributed by atoms with van der Waals surface area (Å²) >= 11 is 0. The Balaban J connectivity index is 1.96. The van der Waals surface area contributed by atoms with Gasteiger partial charge >= 0.3 is 0 Å². The molecule has 0 saturated heterocycles. The fourth-order valence-electron chi connectivity index (χ4n) is 3.04. The molecule has 0 N–H and O–H groups in total. The lowest BCUT2D eigenvalue weighted by Gasteiger charge is -2.28. The van der Waals surface area contributed by atoms with Gasteiger partial charge in [-0.2, -0.15) is 0 Å². The summed E-state index contributed by atoms with van der Waals surface area (Å²) in [5, 5.41) is 2.36. The number of rotatable bonds is 1. The molecule has 3 heteroatoms. The Morgan fingerprint density at radius 2 is 1.81 bits per heavy atom. The van der Waals surface area contributed by atoms with Crippen molar-refractivity contribution in [2.45, 2.75) is 20.0 Å². The maximum atomic E-state index is 5.95. The van der Waals surface area contributed by atoms with Crippen LogP contribution in [0.2, 0.25) is 0 Å². The van der Waals surface area contributed by atoms with Crippen LogP contribution in [0.25, 0.3) is 21.9 Å². The van der Waals surface area contributed by atoms with Crippen LogP contribution in [0.5, 0.6) is 0 Å². The summed E-state index contributed by atoms with van der Waals surface area (Å²) in [6.45, 7) is 4.35. The number of anilines is 1. The van der Waals surface area contributed by atoms with Crippen LogP contribution in [0.1, 0.15) is 12.5 Å². The molecule has 106 valence electrons. The number of benzene rings is 2. The van der Waals surface area contributed by atoms with Gasteiger partial charge in [-0.25, -0.2) is 0 Å². The molecule has 3 nitrogen and oxygen atoms in total. The number of fused-ring (bicyclic) bond motifs is 3. The van der Waals surface area contributed by atoms with Gasteiger partial charge in [0, 0.05) is 35.9 Å². The summed E-state index contributed by atoms with van der Waals surface area (Å²) in [6.07, 6.45) is 4.59. The summed E-state index contributed by atoms with van der Waals surface area (Å²) in [7, 11) is 2.10. The second-order valence-corrected chi connectivity index (χ2v) is 5.74. The van der Waals surface area contributed by atoms with Gasteiger partial charge in [-0.05, 0) is 37.6 Å². The highest BCUT2D eigenvalue weighted by Crippen LogP contribution is 2.35. The maximum absolute atomic E-state index is 5.95. The quantitative estimate of drug-likeness (QED) is 0.655. The van der Waals surface area contributed by atoms with Crippen LogP contribution in [-0.4, -0.2) is 18.1 Å². The Labute approximate surface area is 124 Å². The molecule has 0 spiro atoms. The second kappa shape index (κ2) is 4.29. The smallest absolute Gasteiger partial charge is 0.135 e. The summed E-state index contributed by atoms with van der Waals surface area (Å²) in [6, 6.07) is 12.6. The van der Waals surface area contributed by atoms with Crippen molar-refractivity contribution in [3.63, 3.8) is 0 Å². The average molecular weight is 278 g/mol. The molecule has 0 radical (unpaired) electrons. The normalized spacial score (nSPS) is 18.3. The van der Waals surface area contributed by atoms with Crippen LogP contribution in [0.3, 0.4) is 0 Å². The van der Waals surface area contributed by atoms with Crippen LogP contribution < -0.4 is 4.90 Å².